The molecule has 1 saturated heterocycles. The maximum Gasteiger partial charge on any atom is 0.301 e. The Morgan fingerprint density at radius 3 is 2.73 bits per heavy atom. The molecule has 1 unspecified atom stereocenters. The van der Waals surface area contributed by atoms with Crippen LogP contribution in [0.2, 0.25) is 0 Å². The van der Waals surface area contributed by atoms with Crippen LogP contribution in [-0.4, -0.2) is 41.6 Å². The molecule has 0 aliphatic carbocycles. The van der Waals surface area contributed by atoms with Crippen molar-refractivity contribution in [1.82, 2.24) is 4.98 Å². The third-order valence-electron chi connectivity index (χ3n) is 6.83. The molecule has 1 aromatic heterocycles. The van der Waals surface area contributed by atoms with E-state index in [1.807, 2.05) is 26.0 Å². The van der Waals surface area contributed by atoms with Crippen molar-refractivity contribution >= 4 is 44.1 Å². The van der Waals surface area contributed by atoms with Gasteiger partial charge in [0.2, 0.25) is 0 Å². The molecule has 0 saturated carbocycles. The van der Waals surface area contributed by atoms with E-state index in [0.29, 0.717) is 46.7 Å². The third-order valence-corrected chi connectivity index (χ3v) is 7.83. The van der Waals surface area contributed by atoms with Gasteiger partial charge in [-0.15, -0.1) is 0 Å². The zero-order valence-electron chi connectivity index (χ0n) is 22.0. The number of amides is 1. The van der Waals surface area contributed by atoms with Gasteiger partial charge in [0.05, 0.1) is 21.8 Å². The van der Waals surface area contributed by atoms with Gasteiger partial charge in [-0.05, 0) is 66.9 Å². The van der Waals surface area contributed by atoms with Crippen molar-refractivity contribution in [3.8, 4) is 17.2 Å². The Morgan fingerprint density at radius 2 is 1.93 bits per heavy atom. The van der Waals surface area contributed by atoms with E-state index in [9.17, 15) is 14.7 Å². The Hall–Kier alpha value is -4.63. The van der Waals surface area contributed by atoms with Crippen LogP contribution < -0.4 is 19.1 Å². The average molecular weight is 555 g/mol. The molecule has 1 atom stereocenters. The fourth-order valence-electron chi connectivity index (χ4n) is 5.08. The lowest BCUT2D eigenvalue weighted by molar-refractivity contribution is -0.132. The Kier molecular flexibility index (Phi) is 6.51. The van der Waals surface area contributed by atoms with E-state index in [1.54, 1.807) is 48.5 Å². The maximum atomic E-state index is 13.7. The molecule has 4 aromatic rings. The van der Waals surface area contributed by atoms with Gasteiger partial charge in [0.15, 0.2) is 16.6 Å². The van der Waals surface area contributed by atoms with E-state index >= 15 is 0 Å². The molecule has 3 aromatic carbocycles. The predicted octanol–water partition coefficient (Wildman–Crippen LogP) is 5.88. The molecule has 202 valence electrons. The second kappa shape index (κ2) is 10.2. The highest BCUT2D eigenvalue weighted by atomic mass is 32.1. The van der Waals surface area contributed by atoms with Crippen LogP contribution in [0.15, 0.2) is 72.8 Å². The molecule has 3 heterocycles. The van der Waals surface area contributed by atoms with Crippen molar-refractivity contribution in [3.63, 3.8) is 0 Å². The van der Waals surface area contributed by atoms with Crippen molar-refractivity contribution in [2.24, 2.45) is 0 Å². The molecule has 0 bridgehead atoms. The van der Waals surface area contributed by atoms with Gasteiger partial charge in [-0.25, -0.2) is 4.98 Å². The SMILES string of the molecule is C=CCOc1cccc(C2C(=C(O)c3ccc4c(c3)OCCO4)C(=O)C(=O)N2c2nc3c(C)cc(C)cc3s2)c1. The average Bonchev–Trinajstić information content (AvgIpc) is 3.49. The lowest BCUT2D eigenvalue weighted by Gasteiger charge is -2.23. The van der Waals surface area contributed by atoms with Crippen molar-refractivity contribution < 1.29 is 28.9 Å². The highest BCUT2D eigenvalue weighted by Gasteiger charge is 2.48. The molecule has 1 N–H and O–H groups in total. The van der Waals surface area contributed by atoms with Crippen molar-refractivity contribution in [3.05, 3.63) is 95.1 Å². The molecule has 1 amide bonds. The summed E-state index contributed by atoms with van der Waals surface area (Å²) in [7, 11) is 0. The summed E-state index contributed by atoms with van der Waals surface area (Å²) in [4.78, 5) is 33.5. The number of thiazole rings is 1. The zero-order chi connectivity index (χ0) is 28.0. The second-order valence-corrected chi connectivity index (χ2v) is 10.6. The number of aliphatic hydroxyl groups excluding tert-OH is 1. The Morgan fingerprint density at radius 1 is 1.12 bits per heavy atom. The lowest BCUT2D eigenvalue weighted by atomic mass is 9.95. The van der Waals surface area contributed by atoms with Crippen LogP contribution in [0.1, 0.15) is 28.3 Å². The van der Waals surface area contributed by atoms with Gasteiger partial charge >= 0.3 is 5.91 Å². The van der Waals surface area contributed by atoms with E-state index in [4.69, 9.17) is 19.2 Å². The van der Waals surface area contributed by atoms with Gasteiger partial charge in [0.1, 0.15) is 31.3 Å². The number of rotatable bonds is 6. The minimum Gasteiger partial charge on any atom is -0.507 e. The number of hydrogen-bond acceptors (Lipinski definition) is 8. The second-order valence-electron chi connectivity index (χ2n) is 9.62. The first-order chi connectivity index (χ1) is 19.4. The summed E-state index contributed by atoms with van der Waals surface area (Å²) in [6.45, 7) is 8.74. The molecule has 6 rings (SSSR count). The van der Waals surface area contributed by atoms with E-state index in [0.717, 1.165) is 21.3 Å². The van der Waals surface area contributed by atoms with Gasteiger partial charge in [-0.3, -0.25) is 14.5 Å². The number of fused-ring (bicyclic) bond motifs is 2. The highest BCUT2D eigenvalue weighted by molar-refractivity contribution is 7.22. The topological polar surface area (TPSA) is 98.2 Å². The van der Waals surface area contributed by atoms with Crippen LogP contribution in [0.25, 0.3) is 16.0 Å². The van der Waals surface area contributed by atoms with Crippen LogP contribution in [-0.2, 0) is 9.59 Å². The summed E-state index contributed by atoms with van der Waals surface area (Å²) >= 11 is 1.33. The lowest BCUT2D eigenvalue weighted by Crippen LogP contribution is -2.29. The Bertz CT molecular complexity index is 1720. The van der Waals surface area contributed by atoms with Crippen LogP contribution in [0.3, 0.4) is 0 Å². The minimum atomic E-state index is -0.942. The predicted molar refractivity (Wildman–Crippen MR) is 153 cm³/mol. The third kappa shape index (κ3) is 4.38. The van der Waals surface area contributed by atoms with Gasteiger partial charge in [0.25, 0.3) is 5.78 Å². The number of aliphatic hydroxyl groups is 1. The summed E-state index contributed by atoms with van der Waals surface area (Å²) in [5.74, 6) is -0.340. The van der Waals surface area contributed by atoms with Crippen LogP contribution >= 0.6 is 11.3 Å². The normalized spacial score (nSPS) is 17.9. The summed E-state index contributed by atoms with van der Waals surface area (Å²) in [6.07, 6.45) is 1.63. The molecule has 0 radical (unpaired) electrons. The number of ether oxygens (including phenoxy) is 3. The molecule has 0 spiro atoms. The minimum absolute atomic E-state index is 0.0466. The maximum absolute atomic E-state index is 13.7. The number of anilines is 1. The van der Waals surface area contributed by atoms with Gasteiger partial charge in [-0.1, -0.05) is 42.2 Å². The molecular formula is C31H26N2O6S. The van der Waals surface area contributed by atoms with E-state index in [1.165, 1.54) is 16.2 Å². The number of ketones is 1. The monoisotopic (exact) mass is 554 g/mol. The van der Waals surface area contributed by atoms with Crippen molar-refractivity contribution in [2.75, 3.05) is 24.7 Å². The fraction of sp³-hybridized carbons (Fsp3) is 0.194. The number of Topliss-reactive ketones (excluding diaryl/α,β-unsaturated/α-hetero) is 1. The van der Waals surface area contributed by atoms with Crippen LogP contribution in [0.4, 0.5) is 5.13 Å². The number of aryl methyl sites for hydroxylation is 2. The number of aromatic nitrogens is 1. The molecule has 2 aliphatic heterocycles. The Labute approximate surface area is 234 Å². The zero-order valence-corrected chi connectivity index (χ0v) is 22.8. The smallest absolute Gasteiger partial charge is 0.301 e. The Balaban J connectivity index is 1.54. The number of carbonyl (C=O) groups is 2. The van der Waals surface area contributed by atoms with Crippen molar-refractivity contribution in [1.29, 1.82) is 0 Å². The van der Waals surface area contributed by atoms with Gasteiger partial charge in [0, 0.05) is 5.56 Å². The first-order valence-electron chi connectivity index (χ1n) is 12.8. The molecule has 2 aliphatic rings. The molecular weight excluding hydrogens is 528 g/mol. The largest absolute Gasteiger partial charge is 0.507 e. The fourth-order valence-corrected chi connectivity index (χ4v) is 6.25. The first kappa shape index (κ1) is 25.6. The summed E-state index contributed by atoms with van der Waals surface area (Å²) in [6, 6.07) is 15.1. The van der Waals surface area contributed by atoms with Gasteiger partial charge in [-0.2, -0.15) is 0 Å². The molecule has 1 fully saturated rings. The van der Waals surface area contributed by atoms with E-state index in [-0.39, 0.29) is 17.9 Å². The van der Waals surface area contributed by atoms with Crippen molar-refractivity contribution in [2.45, 2.75) is 19.9 Å². The standard InChI is InChI=1S/C31H26N2O6S/c1-4-10-37-21-7-5-6-19(15-21)27-25(28(34)20-8-9-22-23(16-20)39-12-11-38-22)29(35)30(36)33(27)31-32-26-18(3)13-17(2)14-24(26)40-31/h4-9,13-16,27,34H,1,10-12H2,2-3H3. The number of nitrogens with zero attached hydrogens (tertiary/aromatic N) is 2. The number of carbonyl (C=O) groups excluding carboxylic acids is 2. The summed E-state index contributed by atoms with van der Waals surface area (Å²) in [5, 5.41) is 11.9. The summed E-state index contributed by atoms with van der Waals surface area (Å²) < 4.78 is 17.9. The van der Waals surface area contributed by atoms with Crippen LogP contribution in [0, 0.1) is 13.8 Å². The molecule has 8 nitrogen and oxygen atoms in total. The molecule has 9 heteroatoms. The van der Waals surface area contributed by atoms with Gasteiger partial charge < -0.3 is 19.3 Å². The first-order valence-corrected chi connectivity index (χ1v) is 13.6. The number of benzene rings is 3. The quantitative estimate of drug-likeness (QED) is 0.138. The van der Waals surface area contributed by atoms with Crippen LogP contribution in [0.5, 0.6) is 17.2 Å². The van der Waals surface area contributed by atoms with E-state index < -0.39 is 17.7 Å². The number of hydrogen-bond donors (Lipinski definition) is 1. The summed E-state index contributed by atoms with van der Waals surface area (Å²) in [5.41, 5.74) is 3.69. The van der Waals surface area contributed by atoms with E-state index in [2.05, 4.69) is 6.58 Å². The molecule has 40 heavy (non-hydrogen) atoms. The highest BCUT2D eigenvalue weighted by Crippen LogP contribution is 2.46.